The number of thiophene rings is 2. The number of carbonyl (C=O) groups excluding carboxylic acids is 1. The van der Waals surface area contributed by atoms with Gasteiger partial charge in [0.2, 0.25) is 0 Å². The summed E-state index contributed by atoms with van der Waals surface area (Å²) in [4.78, 5) is 22.7. The zero-order valence-corrected chi connectivity index (χ0v) is 12.4. The van der Waals surface area contributed by atoms with Gasteiger partial charge in [-0.3, -0.25) is 10.1 Å². The van der Waals surface area contributed by atoms with Crippen molar-refractivity contribution in [2.24, 2.45) is 0 Å². The van der Waals surface area contributed by atoms with E-state index >= 15 is 0 Å². The monoisotopic (exact) mass is 337 g/mol. The van der Waals surface area contributed by atoms with Gasteiger partial charge in [-0.2, -0.15) is 0 Å². The quantitative estimate of drug-likeness (QED) is 0.400. The van der Waals surface area contributed by atoms with Gasteiger partial charge in [0.25, 0.3) is 11.8 Å². The summed E-state index contributed by atoms with van der Waals surface area (Å²) in [6, 6.07) is 6.28. The number of nitrogens with zero attached hydrogens (tertiary/aromatic N) is 3. The summed E-state index contributed by atoms with van der Waals surface area (Å²) in [7, 11) is 0. The van der Waals surface area contributed by atoms with E-state index in [4.69, 9.17) is 9.15 Å². The van der Waals surface area contributed by atoms with Crippen LogP contribution < -0.4 is 0 Å². The van der Waals surface area contributed by atoms with Crippen molar-refractivity contribution in [3.05, 3.63) is 50.5 Å². The lowest BCUT2D eigenvalue weighted by molar-refractivity contribution is -0.380. The lowest BCUT2D eigenvalue weighted by Gasteiger charge is -1.98. The molecule has 0 radical (unpaired) electrons. The predicted molar refractivity (Wildman–Crippen MR) is 77.7 cm³/mol. The molecule has 22 heavy (non-hydrogen) atoms. The minimum atomic E-state index is -0.672. The van der Waals surface area contributed by atoms with E-state index in [2.05, 4.69) is 10.2 Å². The van der Waals surface area contributed by atoms with Gasteiger partial charge in [-0.1, -0.05) is 17.4 Å². The zero-order valence-electron chi connectivity index (χ0n) is 10.8. The van der Waals surface area contributed by atoms with E-state index in [0.29, 0.717) is 5.89 Å². The maximum Gasteiger partial charge on any atom is 0.349 e. The molecule has 0 atom stereocenters. The van der Waals surface area contributed by atoms with Crippen LogP contribution in [0.2, 0.25) is 0 Å². The number of ether oxygens (including phenoxy) is 1. The van der Waals surface area contributed by atoms with Gasteiger partial charge in [0.15, 0.2) is 6.61 Å². The van der Waals surface area contributed by atoms with Crippen LogP contribution >= 0.6 is 22.7 Å². The Kier molecular flexibility index (Phi) is 3.94. The minimum absolute atomic E-state index is 0.121. The molecule has 0 unspecified atom stereocenters. The lowest BCUT2D eigenvalue weighted by atomic mass is 10.5. The SMILES string of the molecule is O=C(OCc1nnc(-c2cccs2)o1)c1ccc([N+](=O)[O-])s1. The van der Waals surface area contributed by atoms with E-state index in [-0.39, 0.29) is 22.4 Å². The fourth-order valence-electron chi connectivity index (χ4n) is 1.55. The van der Waals surface area contributed by atoms with Crippen LogP contribution in [0.1, 0.15) is 15.6 Å². The zero-order chi connectivity index (χ0) is 15.5. The van der Waals surface area contributed by atoms with Gasteiger partial charge in [0.1, 0.15) is 4.88 Å². The molecule has 3 heterocycles. The van der Waals surface area contributed by atoms with Crippen molar-refractivity contribution < 1.29 is 18.9 Å². The van der Waals surface area contributed by atoms with E-state index in [1.54, 1.807) is 0 Å². The largest absolute Gasteiger partial charge is 0.451 e. The van der Waals surface area contributed by atoms with Crippen molar-refractivity contribution in [3.63, 3.8) is 0 Å². The van der Waals surface area contributed by atoms with Gasteiger partial charge < -0.3 is 9.15 Å². The molecule has 0 aliphatic heterocycles. The van der Waals surface area contributed by atoms with Gasteiger partial charge in [-0.05, 0) is 17.5 Å². The number of hydrogen-bond acceptors (Lipinski definition) is 9. The highest BCUT2D eigenvalue weighted by atomic mass is 32.1. The molecule has 112 valence electrons. The van der Waals surface area contributed by atoms with Crippen LogP contribution in [0.5, 0.6) is 0 Å². The van der Waals surface area contributed by atoms with Gasteiger partial charge in [0.05, 0.1) is 9.80 Å². The lowest BCUT2D eigenvalue weighted by Crippen LogP contribution is -2.03. The topological polar surface area (TPSA) is 108 Å². The normalized spacial score (nSPS) is 10.5. The highest BCUT2D eigenvalue weighted by Gasteiger charge is 2.17. The van der Waals surface area contributed by atoms with E-state index < -0.39 is 10.9 Å². The Labute approximate surface area is 131 Å². The molecule has 8 nitrogen and oxygen atoms in total. The van der Waals surface area contributed by atoms with Crippen molar-refractivity contribution in [1.82, 2.24) is 10.2 Å². The van der Waals surface area contributed by atoms with Crippen molar-refractivity contribution in [1.29, 1.82) is 0 Å². The summed E-state index contributed by atoms with van der Waals surface area (Å²) in [5.74, 6) is -0.162. The number of esters is 1. The number of carbonyl (C=O) groups is 1. The van der Waals surface area contributed by atoms with Crippen LogP contribution in [-0.4, -0.2) is 21.1 Å². The molecule has 0 saturated heterocycles. The van der Waals surface area contributed by atoms with Crippen LogP contribution in [-0.2, 0) is 11.3 Å². The maximum atomic E-state index is 11.8. The Morgan fingerprint density at radius 2 is 2.23 bits per heavy atom. The molecule has 0 aliphatic carbocycles. The summed E-state index contributed by atoms with van der Waals surface area (Å²) < 4.78 is 10.4. The Balaban J connectivity index is 1.62. The fourth-order valence-corrected chi connectivity index (χ4v) is 2.90. The molecule has 0 bridgehead atoms. The van der Waals surface area contributed by atoms with Gasteiger partial charge in [0, 0.05) is 6.07 Å². The van der Waals surface area contributed by atoms with Crippen molar-refractivity contribution in [2.75, 3.05) is 0 Å². The van der Waals surface area contributed by atoms with E-state index in [1.165, 1.54) is 23.5 Å². The average Bonchev–Trinajstić information content (AvgIpc) is 3.23. The van der Waals surface area contributed by atoms with Crippen LogP contribution in [0, 0.1) is 10.1 Å². The van der Waals surface area contributed by atoms with Crippen LogP contribution in [0.3, 0.4) is 0 Å². The highest BCUT2D eigenvalue weighted by molar-refractivity contribution is 7.17. The molecule has 0 amide bonds. The third-order valence-corrected chi connectivity index (χ3v) is 4.37. The first kappa shape index (κ1) is 14.4. The minimum Gasteiger partial charge on any atom is -0.451 e. The number of nitro groups is 1. The molecule has 3 aromatic rings. The Bertz CT molecular complexity index is 808. The molecule has 10 heteroatoms. The second-order valence-electron chi connectivity index (χ2n) is 3.95. The van der Waals surface area contributed by atoms with E-state index in [0.717, 1.165) is 16.2 Å². The molecular formula is C12H7N3O5S2. The van der Waals surface area contributed by atoms with Crippen LogP contribution in [0.15, 0.2) is 34.1 Å². The molecule has 3 aromatic heterocycles. The molecule has 3 rings (SSSR count). The first-order chi connectivity index (χ1) is 10.6. The predicted octanol–water partition coefficient (Wildman–Crippen LogP) is 3.12. The standard InChI is InChI=1S/C12H7N3O5S2/c16-12(8-3-4-10(22-8)15(17)18)19-6-9-13-14-11(20-9)7-2-1-5-21-7/h1-5H,6H2. The Morgan fingerprint density at radius 1 is 1.36 bits per heavy atom. The van der Waals surface area contributed by atoms with E-state index in [9.17, 15) is 14.9 Å². The molecule has 0 saturated carbocycles. The molecule has 0 spiro atoms. The van der Waals surface area contributed by atoms with Crippen molar-refractivity contribution in [2.45, 2.75) is 6.61 Å². The molecule has 0 aromatic carbocycles. The number of rotatable bonds is 5. The van der Waals surface area contributed by atoms with Gasteiger partial charge >= 0.3 is 11.0 Å². The first-order valence-electron chi connectivity index (χ1n) is 5.91. The summed E-state index contributed by atoms with van der Waals surface area (Å²) in [6.07, 6.45) is 0. The maximum absolute atomic E-state index is 11.8. The smallest absolute Gasteiger partial charge is 0.349 e. The number of hydrogen-bond donors (Lipinski definition) is 0. The summed E-state index contributed by atoms with van der Waals surface area (Å²) in [5, 5.41) is 20.0. The van der Waals surface area contributed by atoms with Crippen LogP contribution in [0.4, 0.5) is 5.00 Å². The molecule has 0 fully saturated rings. The summed E-state index contributed by atoms with van der Waals surface area (Å²) in [6.45, 7) is -0.192. The Morgan fingerprint density at radius 3 is 2.91 bits per heavy atom. The third-order valence-electron chi connectivity index (χ3n) is 2.50. The molecular weight excluding hydrogens is 330 g/mol. The second-order valence-corrected chi connectivity index (χ2v) is 5.96. The molecule has 0 N–H and O–H groups in total. The molecule has 0 aliphatic rings. The van der Waals surface area contributed by atoms with Crippen molar-refractivity contribution in [3.8, 4) is 10.8 Å². The Hall–Kier alpha value is -2.59. The van der Waals surface area contributed by atoms with Crippen LogP contribution in [0.25, 0.3) is 10.8 Å². The second kappa shape index (κ2) is 6.03. The van der Waals surface area contributed by atoms with Gasteiger partial charge in [-0.15, -0.1) is 21.5 Å². The third kappa shape index (κ3) is 3.02. The summed E-state index contributed by atoms with van der Waals surface area (Å²) in [5.41, 5.74) is 0. The van der Waals surface area contributed by atoms with Gasteiger partial charge in [-0.25, -0.2) is 4.79 Å². The summed E-state index contributed by atoms with van der Waals surface area (Å²) >= 11 is 2.20. The van der Waals surface area contributed by atoms with Crippen molar-refractivity contribution >= 4 is 33.6 Å². The highest BCUT2D eigenvalue weighted by Crippen LogP contribution is 2.25. The number of aromatic nitrogens is 2. The first-order valence-corrected chi connectivity index (χ1v) is 7.60. The van der Waals surface area contributed by atoms with E-state index in [1.807, 2.05) is 17.5 Å². The fraction of sp³-hybridized carbons (Fsp3) is 0.0833. The average molecular weight is 337 g/mol.